The van der Waals surface area contributed by atoms with Gasteiger partial charge in [-0.25, -0.2) is 23.1 Å². The minimum Gasteiger partial charge on any atom is -0.424 e. The van der Waals surface area contributed by atoms with Crippen LogP contribution in [-0.2, 0) is 10.0 Å². The Hall–Kier alpha value is -3.01. The van der Waals surface area contributed by atoms with Crippen molar-refractivity contribution in [2.45, 2.75) is 11.8 Å². The lowest BCUT2D eigenvalue weighted by Crippen LogP contribution is -2.20. The minimum atomic E-state index is -3.70. The molecule has 3 rings (SSSR count). The van der Waals surface area contributed by atoms with E-state index in [0.717, 1.165) is 5.56 Å². The number of carbonyl (C=O) groups is 1. The number of nitrogens with zero attached hydrogens (tertiary/aromatic N) is 2. The molecular formula is C19H17ClN4O4S. The summed E-state index contributed by atoms with van der Waals surface area (Å²) in [4.78, 5) is 20.6. The van der Waals surface area contributed by atoms with E-state index in [1.165, 1.54) is 25.2 Å². The number of hydrogen-bond donors (Lipinski definition) is 2. The van der Waals surface area contributed by atoms with Gasteiger partial charge in [0.05, 0.1) is 15.5 Å². The Labute approximate surface area is 173 Å². The van der Waals surface area contributed by atoms with Gasteiger partial charge in [0, 0.05) is 18.1 Å². The number of halogens is 1. The summed E-state index contributed by atoms with van der Waals surface area (Å²) in [5.41, 5.74) is 1.29. The SMILES string of the molecule is CNS(=O)(=O)c1ccc(Cl)c(C(=O)Nc2ccc(Oc3ncccn3)cc2C)c1. The summed E-state index contributed by atoms with van der Waals surface area (Å²) < 4.78 is 31.7. The highest BCUT2D eigenvalue weighted by molar-refractivity contribution is 7.89. The van der Waals surface area contributed by atoms with Crippen LogP contribution in [0.5, 0.6) is 11.8 Å². The predicted molar refractivity (Wildman–Crippen MR) is 109 cm³/mol. The summed E-state index contributed by atoms with van der Waals surface area (Å²) in [6, 6.07) is 10.8. The van der Waals surface area contributed by atoms with Crippen LogP contribution in [0.15, 0.2) is 59.8 Å². The molecule has 2 aromatic carbocycles. The molecule has 0 bridgehead atoms. The van der Waals surface area contributed by atoms with Crippen molar-refractivity contribution < 1.29 is 17.9 Å². The number of amides is 1. The molecule has 3 aromatic rings. The van der Waals surface area contributed by atoms with Gasteiger partial charge in [-0.05, 0) is 62.0 Å². The van der Waals surface area contributed by atoms with Crippen molar-refractivity contribution >= 4 is 33.2 Å². The average molecular weight is 433 g/mol. The molecular weight excluding hydrogens is 416 g/mol. The van der Waals surface area contributed by atoms with E-state index in [0.29, 0.717) is 11.4 Å². The number of aryl methyl sites for hydroxylation is 1. The Morgan fingerprint density at radius 1 is 1.10 bits per heavy atom. The van der Waals surface area contributed by atoms with E-state index in [1.54, 1.807) is 43.6 Å². The first-order chi connectivity index (χ1) is 13.8. The van der Waals surface area contributed by atoms with Gasteiger partial charge in [-0.1, -0.05) is 11.6 Å². The molecule has 0 aliphatic carbocycles. The maximum Gasteiger partial charge on any atom is 0.321 e. The highest BCUT2D eigenvalue weighted by Gasteiger charge is 2.18. The van der Waals surface area contributed by atoms with Crippen LogP contribution in [0.2, 0.25) is 5.02 Å². The lowest BCUT2D eigenvalue weighted by molar-refractivity contribution is 0.102. The molecule has 0 aliphatic heterocycles. The van der Waals surface area contributed by atoms with Gasteiger partial charge < -0.3 is 10.1 Å². The fourth-order valence-corrected chi connectivity index (χ4v) is 3.40. The van der Waals surface area contributed by atoms with Crippen LogP contribution in [0.4, 0.5) is 5.69 Å². The zero-order valence-corrected chi connectivity index (χ0v) is 17.1. The molecule has 1 aromatic heterocycles. The Bertz CT molecular complexity index is 1150. The fraction of sp³-hybridized carbons (Fsp3) is 0.105. The van der Waals surface area contributed by atoms with E-state index in [1.807, 2.05) is 0 Å². The molecule has 0 unspecified atom stereocenters. The van der Waals surface area contributed by atoms with Crippen LogP contribution in [0, 0.1) is 6.92 Å². The number of carbonyl (C=O) groups excluding carboxylic acids is 1. The van der Waals surface area contributed by atoms with Crippen LogP contribution in [0.3, 0.4) is 0 Å². The second-order valence-corrected chi connectivity index (χ2v) is 8.21. The molecule has 0 aliphatic rings. The van der Waals surface area contributed by atoms with E-state index < -0.39 is 15.9 Å². The van der Waals surface area contributed by atoms with Crippen LogP contribution < -0.4 is 14.8 Å². The quantitative estimate of drug-likeness (QED) is 0.617. The lowest BCUT2D eigenvalue weighted by atomic mass is 10.1. The zero-order chi connectivity index (χ0) is 21.0. The molecule has 150 valence electrons. The molecule has 0 atom stereocenters. The molecule has 10 heteroatoms. The van der Waals surface area contributed by atoms with Gasteiger partial charge in [-0.15, -0.1) is 0 Å². The summed E-state index contributed by atoms with van der Waals surface area (Å²) in [6.07, 6.45) is 3.13. The molecule has 0 fully saturated rings. The number of benzene rings is 2. The van der Waals surface area contributed by atoms with Crippen LogP contribution in [0.25, 0.3) is 0 Å². The minimum absolute atomic E-state index is 0.0420. The zero-order valence-electron chi connectivity index (χ0n) is 15.5. The van der Waals surface area contributed by atoms with Gasteiger partial charge in [-0.2, -0.15) is 0 Å². The summed E-state index contributed by atoms with van der Waals surface area (Å²) in [7, 11) is -2.42. The van der Waals surface area contributed by atoms with Gasteiger partial charge in [0.2, 0.25) is 10.0 Å². The Morgan fingerprint density at radius 2 is 1.83 bits per heavy atom. The molecule has 8 nitrogen and oxygen atoms in total. The first kappa shape index (κ1) is 20.7. The van der Waals surface area contributed by atoms with Crippen molar-refractivity contribution in [3.05, 3.63) is 71.0 Å². The van der Waals surface area contributed by atoms with E-state index in [2.05, 4.69) is 20.0 Å². The normalized spacial score (nSPS) is 11.1. The second kappa shape index (κ2) is 8.56. The predicted octanol–water partition coefficient (Wildman–Crippen LogP) is 3.39. The van der Waals surface area contributed by atoms with Crippen LogP contribution >= 0.6 is 11.6 Å². The Balaban J connectivity index is 1.81. The van der Waals surface area contributed by atoms with Crippen LogP contribution in [-0.4, -0.2) is 31.3 Å². The van der Waals surface area contributed by atoms with E-state index in [9.17, 15) is 13.2 Å². The van der Waals surface area contributed by atoms with Gasteiger partial charge >= 0.3 is 6.01 Å². The number of sulfonamides is 1. The topological polar surface area (TPSA) is 110 Å². The number of hydrogen-bond acceptors (Lipinski definition) is 6. The largest absolute Gasteiger partial charge is 0.424 e. The first-order valence-electron chi connectivity index (χ1n) is 8.40. The third kappa shape index (κ3) is 4.89. The monoisotopic (exact) mass is 432 g/mol. The average Bonchev–Trinajstić information content (AvgIpc) is 2.71. The molecule has 2 N–H and O–H groups in total. The van der Waals surface area contributed by atoms with Crippen molar-refractivity contribution in [3.8, 4) is 11.8 Å². The number of nitrogens with one attached hydrogen (secondary N) is 2. The van der Waals surface area contributed by atoms with Crippen molar-refractivity contribution in [2.75, 3.05) is 12.4 Å². The Kier molecular flexibility index (Phi) is 6.12. The second-order valence-electron chi connectivity index (χ2n) is 5.91. The third-order valence-corrected chi connectivity index (χ3v) is 5.70. The molecule has 0 saturated carbocycles. The molecule has 1 amide bonds. The molecule has 1 heterocycles. The highest BCUT2D eigenvalue weighted by Crippen LogP contribution is 2.26. The maximum absolute atomic E-state index is 12.7. The van der Waals surface area contributed by atoms with Crippen LogP contribution in [0.1, 0.15) is 15.9 Å². The van der Waals surface area contributed by atoms with Gasteiger partial charge in [0.15, 0.2) is 0 Å². The van der Waals surface area contributed by atoms with E-state index in [4.69, 9.17) is 16.3 Å². The standard InChI is InChI=1S/C19H17ClN4O4S/c1-12-10-13(28-19-22-8-3-9-23-19)4-7-17(12)24-18(25)15-11-14(5-6-16(15)20)29(26,27)21-2/h3-11,21H,1-2H3,(H,24,25). The molecule has 29 heavy (non-hydrogen) atoms. The summed E-state index contributed by atoms with van der Waals surface area (Å²) in [6.45, 7) is 1.79. The van der Waals surface area contributed by atoms with Crippen molar-refractivity contribution in [1.29, 1.82) is 0 Å². The molecule has 0 radical (unpaired) electrons. The van der Waals surface area contributed by atoms with Crippen molar-refractivity contribution in [1.82, 2.24) is 14.7 Å². The Morgan fingerprint density at radius 3 is 2.48 bits per heavy atom. The highest BCUT2D eigenvalue weighted by atomic mass is 35.5. The van der Waals surface area contributed by atoms with Gasteiger partial charge in [-0.3, -0.25) is 4.79 Å². The number of aromatic nitrogens is 2. The number of anilines is 1. The number of rotatable bonds is 6. The van der Waals surface area contributed by atoms with E-state index in [-0.39, 0.29) is 21.5 Å². The maximum atomic E-state index is 12.7. The lowest BCUT2D eigenvalue weighted by Gasteiger charge is -2.12. The summed E-state index contributed by atoms with van der Waals surface area (Å²) in [5, 5.41) is 2.87. The van der Waals surface area contributed by atoms with Gasteiger partial charge in [0.25, 0.3) is 5.91 Å². The summed E-state index contributed by atoms with van der Waals surface area (Å²) >= 11 is 6.10. The fourth-order valence-electron chi connectivity index (χ4n) is 2.44. The van der Waals surface area contributed by atoms with E-state index >= 15 is 0 Å². The van der Waals surface area contributed by atoms with Crippen molar-refractivity contribution in [3.63, 3.8) is 0 Å². The first-order valence-corrected chi connectivity index (χ1v) is 10.3. The smallest absolute Gasteiger partial charge is 0.321 e. The van der Waals surface area contributed by atoms with Crippen molar-refractivity contribution in [2.24, 2.45) is 0 Å². The molecule has 0 spiro atoms. The molecule has 0 saturated heterocycles. The van der Waals surface area contributed by atoms with Gasteiger partial charge in [0.1, 0.15) is 5.75 Å². The summed E-state index contributed by atoms with van der Waals surface area (Å²) in [5.74, 6) is -0.0295. The number of ether oxygens (including phenoxy) is 1. The third-order valence-electron chi connectivity index (χ3n) is 3.96.